The van der Waals surface area contributed by atoms with Crippen molar-refractivity contribution in [2.45, 2.75) is 0 Å². The molecule has 0 atom stereocenters. The lowest BCUT2D eigenvalue weighted by Crippen LogP contribution is -2.24. The number of nitrogens with zero attached hydrogens (tertiary/aromatic N) is 2. The van der Waals surface area contributed by atoms with Crippen LogP contribution in [-0.4, -0.2) is 0 Å². The normalized spacial score (nSPS) is 9.85. The van der Waals surface area contributed by atoms with Crippen molar-refractivity contribution < 1.29 is 0 Å². The van der Waals surface area contributed by atoms with Crippen LogP contribution >= 0.6 is 0 Å². The van der Waals surface area contributed by atoms with Crippen LogP contribution in [0.4, 0.5) is 5.69 Å². The first-order valence-electron chi connectivity index (χ1n) is 3.70. The summed E-state index contributed by atoms with van der Waals surface area (Å²) in [6.07, 6.45) is 2.87. The van der Waals surface area contributed by atoms with Crippen LogP contribution in [0.5, 0.6) is 0 Å². The lowest BCUT2D eigenvalue weighted by molar-refractivity contribution is 1.07. The zero-order valence-corrected chi connectivity index (χ0v) is 7.01. The lowest BCUT2D eigenvalue weighted by Gasteiger charge is -2.12. The highest BCUT2D eigenvalue weighted by molar-refractivity contribution is 5.50. The van der Waals surface area contributed by atoms with E-state index in [0.29, 0.717) is 5.56 Å². The Hall–Kier alpha value is -1.99. The second-order valence-electron chi connectivity index (χ2n) is 2.41. The van der Waals surface area contributed by atoms with Gasteiger partial charge in [-0.2, -0.15) is 5.26 Å². The number of anilines is 1. The van der Waals surface area contributed by atoms with E-state index in [2.05, 4.69) is 0 Å². The minimum Gasteiger partial charge on any atom is -0.403 e. The van der Waals surface area contributed by atoms with Gasteiger partial charge in [0.25, 0.3) is 0 Å². The largest absolute Gasteiger partial charge is 0.403 e. The van der Waals surface area contributed by atoms with Crippen molar-refractivity contribution in [2.24, 2.45) is 11.6 Å². The predicted octanol–water partition coefficient (Wildman–Crippen LogP) is 0.668. The molecular weight excluding hydrogens is 164 g/mol. The highest BCUT2D eigenvalue weighted by Crippen LogP contribution is 2.11. The Morgan fingerprint density at radius 3 is 2.38 bits per heavy atom. The maximum atomic E-state index is 8.54. The van der Waals surface area contributed by atoms with Gasteiger partial charge in [-0.3, -0.25) is 5.01 Å². The van der Waals surface area contributed by atoms with Crippen LogP contribution < -0.4 is 16.6 Å². The molecule has 13 heavy (non-hydrogen) atoms. The van der Waals surface area contributed by atoms with Gasteiger partial charge in [-0.15, -0.1) is 0 Å². The Bertz CT molecular complexity index is 334. The van der Waals surface area contributed by atoms with Crippen molar-refractivity contribution in [1.82, 2.24) is 0 Å². The average Bonchev–Trinajstić information content (AvgIpc) is 2.18. The van der Waals surface area contributed by atoms with Crippen LogP contribution in [0.25, 0.3) is 0 Å². The van der Waals surface area contributed by atoms with Gasteiger partial charge in [-0.05, 0) is 24.3 Å². The van der Waals surface area contributed by atoms with Gasteiger partial charge in [-0.1, -0.05) is 0 Å². The Morgan fingerprint density at radius 1 is 1.31 bits per heavy atom. The summed E-state index contributed by atoms with van der Waals surface area (Å²) in [5.74, 6) is 5.58. The van der Waals surface area contributed by atoms with Crippen molar-refractivity contribution in [3.63, 3.8) is 0 Å². The molecule has 1 aromatic carbocycles. The van der Waals surface area contributed by atoms with E-state index < -0.39 is 0 Å². The Balaban J connectivity index is 2.87. The first-order valence-corrected chi connectivity index (χ1v) is 3.70. The van der Waals surface area contributed by atoms with Crippen LogP contribution in [0.3, 0.4) is 0 Å². The number of hydrazine groups is 1. The van der Waals surface area contributed by atoms with Crippen LogP contribution in [0.1, 0.15) is 5.56 Å². The Kier molecular flexibility index (Phi) is 2.90. The highest BCUT2D eigenvalue weighted by Gasteiger charge is 1.96. The molecule has 0 bridgehead atoms. The summed E-state index contributed by atoms with van der Waals surface area (Å²) < 4.78 is 0. The lowest BCUT2D eigenvalue weighted by atomic mass is 10.2. The third-order valence-electron chi connectivity index (χ3n) is 1.54. The summed E-state index contributed by atoms with van der Waals surface area (Å²) in [4.78, 5) is 0. The van der Waals surface area contributed by atoms with Gasteiger partial charge in [0, 0.05) is 12.4 Å². The molecule has 0 heterocycles. The molecule has 1 aromatic rings. The number of nitrogens with two attached hydrogens (primary N) is 2. The minimum absolute atomic E-state index is 0.605. The molecule has 0 aliphatic heterocycles. The quantitative estimate of drug-likeness (QED) is 0.510. The van der Waals surface area contributed by atoms with E-state index in [1.165, 1.54) is 17.4 Å². The van der Waals surface area contributed by atoms with Crippen molar-refractivity contribution >= 4 is 5.69 Å². The molecule has 0 amide bonds. The number of hydrogen-bond acceptors (Lipinski definition) is 4. The number of rotatable bonds is 2. The molecule has 1 rings (SSSR count). The molecular formula is C9H10N4. The molecule has 0 aliphatic rings. The van der Waals surface area contributed by atoms with Crippen molar-refractivity contribution in [3.8, 4) is 6.07 Å². The fraction of sp³-hybridized carbons (Fsp3) is 0. The number of benzene rings is 1. The second-order valence-corrected chi connectivity index (χ2v) is 2.41. The van der Waals surface area contributed by atoms with E-state index in [9.17, 15) is 0 Å². The maximum Gasteiger partial charge on any atom is 0.0991 e. The standard InChI is InChI=1S/C9H10N4/c10-5-6-13(12)9-3-1-8(7-11)2-4-9/h1-6H,10,12H2/b6-5-. The van der Waals surface area contributed by atoms with Crippen LogP contribution in [0.2, 0.25) is 0 Å². The molecule has 0 unspecified atom stereocenters. The van der Waals surface area contributed by atoms with Gasteiger partial charge < -0.3 is 5.73 Å². The molecule has 4 heteroatoms. The van der Waals surface area contributed by atoms with Gasteiger partial charge in [0.15, 0.2) is 0 Å². The summed E-state index contributed by atoms with van der Waals surface area (Å²) >= 11 is 0. The number of nitriles is 1. The first kappa shape index (κ1) is 9.10. The first-order chi connectivity index (χ1) is 6.27. The molecule has 0 spiro atoms. The summed E-state index contributed by atoms with van der Waals surface area (Å²) in [5, 5.41) is 9.92. The fourth-order valence-corrected chi connectivity index (χ4v) is 0.887. The van der Waals surface area contributed by atoms with E-state index in [1.54, 1.807) is 24.3 Å². The predicted molar refractivity (Wildman–Crippen MR) is 51.2 cm³/mol. The third kappa shape index (κ3) is 2.22. The minimum atomic E-state index is 0.605. The Morgan fingerprint density at radius 2 is 1.92 bits per heavy atom. The van der Waals surface area contributed by atoms with Crippen molar-refractivity contribution in [1.29, 1.82) is 5.26 Å². The van der Waals surface area contributed by atoms with Crippen molar-refractivity contribution in [2.75, 3.05) is 5.01 Å². The van der Waals surface area contributed by atoms with Crippen molar-refractivity contribution in [3.05, 3.63) is 42.2 Å². The van der Waals surface area contributed by atoms with Gasteiger partial charge in [0.2, 0.25) is 0 Å². The molecule has 0 aromatic heterocycles. The molecule has 0 fully saturated rings. The summed E-state index contributed by atoms with van der Waals surface area (Å²) in [6.45, 7) is 0. The molecule has 0 saturated heterocycles. The van der Waals surface area contributed by atoms with Gasteiger partial charge in [0.1, 0.15) is 0 Å². The van der Waals surface area contributed by atoms with E-state index in [1.807, 2.05) is 6.07 Å². The maximum absolute atomic E-state index is 8.54. The van der Waals surface area contributed by atoms with E-state index in [0.717, 1.165) is 5.69 Å². The summed E-state index contributed by atoms with van der Waals surface area (Å²) in [6, 6.07) is 8.91. The molecule has 0 aliphatic carbocycles. The fourth-order valence-electron chi connectivity index (χ4n) is 0.887. The van der Waals surface area contributed by atoms with Gasteiger partial charge in [-0.25, -0.2) is 5.84 Å². The van der Waals surface area contributed by atoms with Crippen LogP contribution in [0, 0.1) is 11.3 Å². The molecule has 0 saturated carbocycles. The summed E-state index contributed by atoms with van der Waals surface area (Å²) in [7, 11) is 0. The molecule has 4 nitrogen and oxygen atoms in total. The average molecular weight is 174 g/mol. The molecule has 4 N–H and O–H groups in total. The van der Waals surface area contributed by atoms with E-state index in [4.69, 9.17) is 16.8 Å². The van der Waals surface area contributed by atoms with Gasteiger partial charge in [0.05, 0.1) is 17.3 Å². The topological polar surface area (TPSA) is 79.1 Å². The van der Waals surface area contributed by atoms with Crippen LogP contribution in [0.15, 0.2) is 36.7 Å². The molecule has 0 radical (unpaired) electrons. The molecule has 66 valence electrons. The van der Waals surface area contributed by atoms with E-state index in [-0.39, 0.29) is 0 Å². The highest BCUT2D eigenvalue weighted by atomic mass is 15.4. The third-order valence-corrected chi connectivity index (χ3v) is 1.54. The van der Waals surface area contributed by atoms with Crippen LogP contribution in [-0.2, 0) is 0 Å². The second kappa shape index (κ2) is 4.14. The van der Waals surface area contributed by atoms with Gasteiger partial charge >= 0.3 is 0 Å². The monoisotopic (exact) mass is 174 g/mol. The smallest absolute Gasteiger partial charge is 0.0991 e. The summed E-state index contributed by atoms with van der Waals surface area (Å²) in [5.41, 5.74) is 6.55. The Labute approximate surface area is 76.6 Å². The van der Waals surface area contributed by atoms with E-state index >= 15 is 0 Å². The number of hydrogen-bond donors (Lipinski definition) is 2. The zero-order chi connectivity index (χ0) is 9.68. The SMILES string of the molecule is N#Cc1ccc(N(N)/C=C\N)cc1. The zero-order valence-electron chi connectivity index (χ0n) is 7.01.